The van der Waals surface area contributed by atoms with E-state index in [1.165, 1.54) is 12.1 Å². The number of halogens is 3. The molecule has 1 atom stereocenters. The van der Waals surface area contributed by atoms with E-state index in [1.54, 1.807) is 12.1 Å². The van der Waals surface area contributed by atoms with Crippen molar-refractivity contribution in [3.8, 4) is 0 Å². The van der Waals surface area contributed by atoms with E-state index in [4.69, 9.17) is 17.3 Å². The maximum atomic E-state index is 13.6. The molecular weight excluding hydrogens is 256 g/mol. The Balaban J connectivity index is 2.44. The van der Waals surface area contributed by atoms with Gasteiger partial charge in [0.25, 0.3) is 0 Å². The second kappa shape index (κ2) is 5.04. The van der Waals surface area contributed by atoms with Gasteiger partial charge >= 0.3 is 0 Å². The minimum Gasteiger partial charge on any atom is -0.320 e. The summed E-state index contributed by atoms with van der Waals surface area (Å²) in [7, 11) is 0. The van der Waals surface area contributed by atoms with Gasteiger partial charge < -0.3 is 5.73 Å². The quantitative estimate of drug-likeness (QED) is 0.875. The Morgan fingerprint density at radius 1 is 1.11 bits per heavy atom. The maximum Gasteiger partial charge on any atom is 0.131 e. The first-order chi connectivity index (χ1) is 8.47. The second-order valence-corrected chi connectivity index (χ2v) is 4.64. The lowest BCUT2D eigenvalue weighted by atomic mass is 9.98. The summed E-state index contributed by atoms with van der Waals surface area (Å²) in [4.78, 5) is 0. The third-order valence-electron chi connectivity index (χ3n) is 2.72. The second-order valence-electron chi connectivity index (χ2n) is 4.21. The molecule has 0 fully saturated rings. The molecule has 94 valence electrons. The normalized spacial score (nSPS) is 12.5. The van der Waals surface area contributed by atoms with Gasteiger partial charge in [0.05, 0.1) is 6.04 Å². The van der Waals surface area contributed by atoms with Gasteiger partial charge in [-0.2, -0.15) is 0 Å². The zero-order valence-corrected chi connectivity index (χ0v) is 10.5. The maximum absolute atomic E-state index is 13.6. The molecule has 4 heteroatoms. The van der Waals surface area contributed by atoms with Crippen molar-refractivity contribution in [2.75, 3.05) is 0 Å². The number of hydrogen-bond donors (Lipinski definition) is 1. The SMILES string of the molecule is Cc1cc(Cl)cc(C(N)c2ccc(F)cc2F)c1. The summed E-state index contributed by atoms with van der Waals surface area (Å²) >= 11 is 5.94. The molecule has 0 aliphatic carbocycles. The van der Waals surface area contributed by atoms with E-state index in [0.29, 0.717) is 10.6 Å². The van der Waals surface area contributed by atoms with Crippen LogP contribution in [0.25, 0.3) is 0 Å². The predicted molar refractivity (Wildman–Crippen MR) is 68.6 cm³/mol. The minimum atomic E-state index is -0.664. The van der Waals surface area contributed by atoms with Crippen molar-refractivity contribution in [1.82, 2.24) is 0 Å². The Kier molecular flexibility index (Phi) is 3.64. The number of benzene rings is 2. The van der Waals surface area contributed by atoms with Gasteiger partial charge in [-0.15, -0.1) is 0 Å². The molecule has 0 spiro atoms. The molecule has 0 aliphatic rings. The Bertz CT molecular complexity index is 564. The van der Waals surface area contributed by atoms with E-state index in [1.807, 2.05) is 13.0 Å². The van der Waals surface area contributed by atoms with Gasteiger partial charge in [-0.05, 0) is 36.2 Å². The van der Waals surface area contributed by atoms with E-state index < -0.39 is 17.7 Å². The number of hydrogen-bond acceptors (Lipinski definition) is 1. The summed E-state index contributed by atoms with van der Waals surface area (Å²) in [6.07, 6.45) is 0. The summed E-state index contributed by atoms with van der Waals surface area (Å²) in [5, 5.41) is 0.544. The van der Waals surface area contributed by atoms with Gasteiger partial charge in [0.15, 0.2) is 0 Å². The summed E-state index contributed by atoms with van der Waals surface area (Å²) < 4.78 is 26.5. The van der Waals surface area contributed by atoms with Crippen LogP contribution in [-0.2, 0) is 0 Å². The van der Waals surface area contributed by atoms with Gasteiger partial charge in [-0.3, -0.25) is 0 Å². The number of aryl methyl sites for hydroxylation is 1. The van der Waals surface area contributed by atoms with Crippen LogP contribution in [0.4, 0.5) is 8.78 Å². The Morgan fingerprint density at radius 3 is 2.44 bits per heavy atom. The monoisotopic (exact) mass is 267 g/mol. The third-order valence-corrected chi connectivity index (χ3v) is 2.94. The first-order valence-corrected chi connectivity index (χ1v) is 5.83. The van der Waals surface area contributed by atoms with Gasteiger partial charge in [0, 0.05) is 16.7 Å². The van der Waals surface area contributed by atoms with Gasteiger partial charge in [-0.1, -0.05) is 23.7 Å². The fourth-order valence-electron chi connectivity index (χ4n) is 1.88. The highest BCUT2D eigenvalue weighted by molar-refractivity contribution is 6.30. The lowest BCUT2D eigenvalue weighted by molar-refractivity contribution is 0.566. The first kappa shape index (κ1) is 13.0. The molecule has 18 heavy (non-hydrogen) atoms. The summed E-state index contributed by atoms with van der Waals surface area (Å²) in [6.45, 7) is 1.88. The molecule has 1 nitrogen and oxygen atoms in total. The van der Waals surface area contributed by atoms with Crippen molar-refractivity contribution in [2.45, 2.75) is 13.0 Å². The van der Waals surface area contributed by atoms with E-state index in [2.05, 4.69) is 0 Å². The van der Waals surface area contributed by atoms with Crippen LogP contribution in [0, 0.1) is 18.6 Å². The first-order valence-electron chi connectivity index (χ1n) is 5.45. The molecular formula is C14H12ClF2N. The molecule has 0 saturated carbocycles. The number of rotatable bonds is 2. The van der Waals surface area contributed by atoms with Crippen LogP contribution in [0.1, 0.15) is 22.7 Å². The van der Waals surface area contributed by atoms with Crippen molar-refractivity contribution in [1.29, 1.82) is 0 Å². The Morgan fingerprint density at radius 2 is 1.83 bits per heavy atom. The molecule has 0 radical (unpaired) electrons. The molecule has 0 bridgehead atoms. The summed E-state index contributed by atoms with van der Waals surface area (Å²) in [5.74, 6) is -1.27. The van der Waals surface area contributed by atoms with E-state index in [0.717, 1.165) is 11.6 Å². The van der Waals surface area contributed by atoms with Crippen molar-refractivity contribution in [3.05, 3.63) is 69.7 Å². The van der Waals surface area contributed by atoms with Crippen LogP contribution >= 0.6 is 11.6 Å². The lowest BCUT2D eigenvalue weighted by Crippen LogP contribution is -2.14. The smallest absolute Gasteiger partial charge is 0.131 e. The molecule has 2 rings (SSSR count). The highest BCUT2D eigenvalue weighted by Gasteiger charge is 2.15. The number of nitrogens with two attached hydrogens (primary N) is 1. The predicted octanol–water partition coefficient (Wildman–Crippen LogP) is 3.97. The summed E-state index contributed by atoms with van der Waals surface area (Å²) in [6, 6.07) is 8.01. The fraction of sp³-hybridized carbons (Fsp3) is 0.143. The summed E-state index contributed by atoms with van der Waals surface area (Å²) in [5.41, 5.74) is 7.87. The van der Waals surface area contributed by atoms with Crippen molar-refractivity contribution in [2.24, 2.45) is 5.73 Å². The molecule has 2 aromatic carbocycles. The molecule has 1 unspecified atom stereocenters. The van der Waals surface area contributed by atoms with E-state index in [9.17, 15) is 8.78 Å². The van der Waals surface area contributed by atoms with Crippen molar-refractivity contribution in [3.63, 3.8) is 0 Å². The van der Waals surface area contributed by atoms with Gasteiger partial charge in [0.1, 0.15) is 11.6 Å². The largest absolute Gasteiger partial charge is 0.320 e. The molecule has 0 saturated heterocycles. The molecule has 0 aromatic heterocycles. The molecule has 0 heterocycles. The van der Waals surface area contributed by atoms with Crippen molar-refractivity contribution < 1.29 is 8.78 Å². The van der Waals surface area contributed by atoms with Crippen LogP contribution in [0.5, 0.6) is 0 Å². The molecule has 0 aliphatic heterocycles. The van der Waals surface area contributed by atoms with Crippen molar-refractivity contribution >= 4 is 11.6 Å². The van der Waals surface area contributed by atoms with E-state index >= 15 is 0 Å². The third kappa shape index (κ3) is 2.68. The highest BCUT2D eigenvalue weighted by atomic mass is 35.5. The van der Waals surface area contributed by atoms with Crippen LogP contribution in [0.3, 0.4) is 0 Å². The van der Waals surface area contributed by atoms with Crippen LogP contribution in [0.2, 0.25) is 5.02 Å². The molecule has 2 aromatic rings. The van der Waals surface area contributed by atoms with Crippen LogP contribution in [0.15, 0.2) is 36.4 Å². The Hall–Kier alpha value is -1.45. The fourth-order valence-corrected chi connectivity index (χ4v) is 2.18. The van der Waals surface area contributed by atoms with Gasteiger partial charge in [0.2, 0.25) is 0 Å². The van der Waals surface area contributed by atoms with Crippen LogP contribution < -0.4 is 5.73 Å². The molecule has 2 N–H and O–H groups in total. The van der Waals surface area contributed by atoms with E-state index in [-0.39, 0.29) is 5.56 Å². The zero-order valence-electron chi connectivity index (χ0n) is 9.75. The average molecular weight is 268 g/mol. The lowest BCUT2D eigenvalue weighted by Gasteiger charge is -2.14. The minimum absolute atomic E-state index is 0.248. The van der Waals surface area contributed by atoms with Crippen LogP contribution in [-0.4, -0.2) is 0 Å². The Labute approximate surface area is 109 Å². The average Bonchev–Trinajstić information content (AvgIpc) is 2.26. The van der Waals surface area contributed by atoms with Gasteiger partial charge in [-0.25, -0.2) is 8.78 Å². The standard InChI is InChI=1S/C14H12ClF2N/c1-8-4-9(6-10(15)5-8)14(18)12-3-2-11(16)7-13(12)17/h2-7,14H,18H2,1H3. The highest BCUT2D eigenvalue weighted by Crippen LogP contribution is 2.26. The zero-order chi connectivity index (χ0) is 13.3. The topological polar surface area (TPSA) is 26.0 Å². The molecule has 0 amide bonds.